The maximum absolute atomic E-state index is 4.78. The maximum atomic E-state index is 4.78. The van der Waals surface area contributed by atoms with Crippen molar-refractivity contribution in [3.63, 3.8) is 0 Å². The number of aromatic nitrogens is 1. The van der Waals surface area contributed by atoms with Crippen molar-refractivity contribution in [1.29, 1.82) is 0 Å². The van der Waals surface area contributed by atoms with Crippen LogP contribution in [0.4, 0.5) is 0 Å². The number of rotatable bonds is 3. The molecular formula is C15H26N4S. The van der Waals surface area contributed by atoms with E-state index in [0.717, 1.165) is 24.1 Å². The predicted molar refractivity (Wildman–Crippen MR) is 86.2 cm³/mol. The van der Waals surface area contributed by atoms with Gasteiger partial charge in [-0.15, -0.1) is 11.3 Å². The van der Waals surface area contributed by atoms with Gasteiger partial charge in [-0.3, -0.25) is 0 Å². The maximum Gasteiger partial charge on any atom is 0.194 e. The van der Waals surface area contributed by atoms with Gasteiger partial charge in [0.1, 0.15) is 0 Å². The van der Waals surface area contributed by atoms with Crippen LogP contribution in [0.25, 0.3) is 0 Å². The highest BCUT2D eigenvalue weighted by Gasteiger charge is 2.53. The number of thiazole rings is 1. The molecular weight excluding hydrogens is 268 g/mol. The molecule has 1 aliphatic heterocycles. The summed E-state index contributed by atoms with van der Waals surface area (Å²) in [5.41, 5.74) is 0.460. The van der Waals surface area contributed by atoms with E-state index in [4.69, 9.17) is 4.99 Å². The van der Waals surface area contributed by atoms with Gasteiger partial charge in [-0.05, 0) is 27.7 Å². The zero-order valence-corrected chi connectivity index (χ0v) is 14.3. The summed E-state index contributed by atoms with van der Waals surface area (Å²) in [4.78, 5) is 12.7. The molecule has 0 saturated carbocycles. The van der Waals surface area contributed by atoms with E-state index >= 15 is 0 Å². The van der Waals surface area contributed by atoms with E-state index in [0.29, 0.717) is 12.0 Å². The normalized spacial score (nSPS) is 20.7. The zero-order valence-electron chi connectivity index (χ0n) is 13.4. The van der Waals surface area contributed by atoms with Gasteiger partial charge in [-0.2, -0.15) is 0 Å². The lowest BCUT2D eigenvalue weighted by molar-refractivity contribution is -0.0667. The predicted octanol–water partition coefficient (Wildman–Crippen LogP) is 3.04. The second kappa shape index (κ2) is 5.35. The van der Waals surface area contributed by atoms with Crippen LogP contribution in [-0.2, 0) is 6.54 Å². The number of nitrogens with one attached hydrogen (secondary N) is 1. The molecule has 0 bridgehead atoms. The Bertz CT molecular complexity index is 502. The fourth-order valence-corrected chi connectivity index (χ4v) is 3.15. The van der Waals surface area contributed by atoms with Crippen molar-refractivity contribution in [2.24, 2.45) is 10.4 Å². The number of aryl methyl sites for hydroxylation is 1. The van der Waals surface area contributed by atoms with Crippen molar-refractivity contribution in [3.8, 4) is 0 Å². The summed E-state index contributed by atoms with van der Waals surface area (Å²) in [7, 11) is 0. The molecule has 0 atom stereocenters. The quantitative estimate of drug-likeness (QED) is 0.688. The molecule has 1 aromatic heterocycles. The number of likely N-dealkylation sites (tertiary alicyclic amines) is 1. The number of guanidine groups is 1. The molecule has 1 aliphatic rings. The van der Waals surface area contributed by atoms with Crippen molar-refractivity contribution < 1.29 is 0 Å². The molecule has 0 spiro atoms. The van der Waals surface area contributed by atoms with Crippen LogP contribution in [0.15, 0.2) is 11.2 Å². The van der Waals surface area contributed by atoms with Crippen LogP contribution in [0.2, 0.25) is 0 Å². The highest BCUT2D eigenvalue weighted by Crippen LogP contribution is 2.46. The summed E-state index contributed by atoms with van der Waals surface area (Å²) in [5, 5.41) is 4.52. The van der Waals surface area contributed by atoms with Gasteiger partial charge >= 0.3 is 0 Å². The van der Waals surface area contributed by atoms with Gasteiger partial charge in [0.2, 0.25) is 0 Å². The fraction of sp³-hybridized carbons (Fsp3) is 0.733. The molecule has 20 heavy (non-hydrogen) atoms. The summed E-state index contributed by atoms with van der Waals surface area (Å²) in [6, 6.07) is 0. The first-order valence-electron chi connectivity index (χ1n) is 7.25. The Kier molecular flexibility index (Phi) is 4.09. The van der Waals surface area contributed by atoms with Crippen LogP contribution in [0.1, 0.15) is 44.5 Å². The molecule has 4 nitrogen and oxygen atoms in total. The second-order valence-electron chi connectivity index (χ2n) is 6.54. The minimum Gasteiger partial charge on any atom is -0.356 e. The van der Waals surface area contributed by atoms with E-state index in [1.165, 1.54) is 4.88 Å². The largest absolute Gasteiger partial charge is 0.356 e. The van der Waals surface area contributed by atoms with Gasteiger partial charge in [-0.25, -0.2) is 9.98 Å². The summed E-state index contributed by atoms with van der Waals surface area (Å²) in [5.74, 6) is 1.02. The molecule has 5 heteroatoms. The third kappa shape index (κ3) is 2.68. The van der Waals surface area contributed by atoms with Gasteiger partial charge in [-0.1, -0.05) is 13.8 Å². The zero-order chi connectivity index (χ0) is 15.0. The monoisotopic (exact) mass is 294 g/mol. The minimum absolute atomic E-state index is 0.137. The number of hydrogen-bond donors (Lipinski definition) is 1. The molecule has 1 aromatic rings. The highest BCUT2D eigenvalue weighted by atomic mass is 32.1. The van der Waals surface area contributed by atoms with E-state index < -0.39 is 0 Å². The first-order chi connectivity index (χ1) is 9.28. The fourth-order valence-electron chi connectivity index (χ4n) is 2.43. The topological polar surface area (TPSA) is 40.5 Å². The molecule has 0 aromatic carbocycles. The Labute approximate surface area is 126 Å². The van der Waals surface area contributed by atoms with Crippen molar-refractivity contribution in [3.05, 3.63) is 16.1 Å². The SMILES string of the molecule is CCNC(=NCc1cnc(C)s1)N1CC(C)(C)C1(C)C. The lowest BCUT2D eigenvalue weighted by Crippen LogP contribution is -2.72. The van der Waals surface area contributed by atoms with Crippen molar-refractivity contribution in [2.45, 2.75) is 53.6 Å². The Morgan fingerprint density at radius 1 is 1.45 bits per heavy atom. The summed E-state index contributed by atoms with van der Waals surface area (Å²) >= 11 is 1.72. The number of nitrogens with zero attached hydrogens (tertiary/aromatic N) is 3. The van der Waals surface area contributed by atoms with E-state index in [2.05, 4.69) is 49.8 Å². The van der Waals surface area contributed by atoms with Gasteiger partial charge < -0.3 is 10.2 Å². The molecule has 2 rings (SSSR count). The van der Waals surface area contributed by atoms with Gasteiger partial charge in [0.15, 0.2) is 5.96 Å². The Hall–Kier alpha value is -1.10. The van der Waals surface area contributed by atoms with Crippen LogP contribution in [0, 0.1) is 12.3 Å². The van der Waals surface area contributed by atoms with E-state index in [9.17, 15) is 0 Å². The Morgan fingerprint density at radius 3 is 2.60 bits per heavy atom. The molecule has 1 saturated heterocycles. The smallest absolute Gasteiger partial charge is 0.194 e. The van der Waals surface area contributed by atoms with Crippen LogP contribution in [0.5, 0.6) is 0 Å². The second-order valence-corrected chi connectivity index (χ2v) is 7.86. The summed E-state index contributed by atoms with van der Waals surface area (Å²) in [6.45, 7) is 16.0. The summed E-state index contributed by atoms with van der Waals surface area (Å²) < 4.78 is 0. The Morgan fingerprint density at radius 2 is 2.15 bits per heavy atom. The van der Waals surface area contributed by atoms with Crippen LogP contribution in [-0.4, -0.2) is 34.5 Å². The lowest BCUT2D eigenvalue weighted by Gasteiger charge is -2.62. The third-order valence-corrected chi connectivity index (χ3v) is 5.43. The van der Waals surface area contributed by atoms with Crippen molar-refractivity contribution >= 4 is 17.3 Å². The van der Waals surface area contributed by atoms with Gasteiger partial charge in [0, 0.05) is 35.1 Å². The van der Waals surface area contributed by atoms with Gasteiger partial charge in [0.25, 0.3) is 0 Å². The molecule has 0 aliphatic carbocycles. The summed E-state index contributed by atoms with van der Waals surface area (Å²) in [6.07, 6.45) is 1.93. The first-order valence-corrected chi connectivity index (χ1v) is 8.07. The first kappa shape index (κ1) is 15.3. The third-order valence-electron chi connectivity index (χ3n) is 4.53. The molecule has 0 unspecified atom stereocenters. The molecule has 0 radical (unpaired) electrons. The molecule has 112 valence electrons. The highest BCUT2D eigenvalue weighted by molar-refractivity contribution is 7.11. The molecule has 0 amide bonds. The van der Waals surface area contributed by atoms with E-state index in [1.807, 2.05) is 13.1 Å². The van der Waals surface area contributed by atoms with Crippen molar-refractivity contribution in [2.75, 3.05) is 13.1 Å². The average Bonchev–Trinajstić information content (AvgIpc) is 2.78. The van der Waals surface area contributed by atoms with Crippen LogP contribution >= 0.6 is 11.3 Å². The Balaban J connectivity index is 2.12. The lowest BCUT2D eigenvalue weighted by atomic mass is 9.65. The van der Waals surface area contributed by atoms with E-state index in [-0.39, 0.29) is 5.54 Å². The molecule has 1 fully saturated rings. The van der Waals surface area contributed by atoms with Gasteiger partial charge in [0.05, 0.1) is 11.6 Å². The van der Waals surface area contributed by atoms with Crippen molar-refractivity contribution in [1.82, 2.24) is 15.2 Å². The van der Waals surface area contributed by atoms with Crippen LogP contribution < -0.4 is 5.32 Å². The molecule has 2 heterocycles. The van der Waals surface area contributed by atoms with E-state index in [1.54, 1.807) is 11.3 Å². The standard InChI is InChI=1S/C15H26N4S/c1-7-16-13(18-9-12-8-17-11(2)20-12)19-10-14(3,4)15(19,5)6/h8H,7,9-10H2,1-6H3,(H,16,18). The average molecular weight is 294 g/mol. The van der Waals surface area contributed by atoms with Crippen LogP contribution in [0.3, 0.4) is 0 Å². The minimum atomic E-state index is 0.137. The number of hydrogen-bond acceptors (Lipinski definition) is 3. The number of aliphatic imine (C=N–C) groups is 1. The molecule has 1 N–H and O–H groups in total.